The quantitative estimate of drug-likeness (QED) is 0.0430. The van der Waals surface area contributed by atoms with Gasteiger partial charge in [-0.2, -0.15) is 15.8 Å². The summed E-state index contributed by atoms with van der Waals surface area (Å²) in [5.74, 6) is 1.28. The van der Waals surface area contributed by atoms with Crippen LogP contribution in [0.25, 0.3) is 77.6 Å². The van der Waals surface area contributed by atoms with Crippen molar-refractivity contribution in [2.24, 2.45) is 0 Å². The number of nitro benzene ring substituents is 1. The van der Waals surface area contributed by atoms with Crippen LogP contribution in [0, 0.1) is 44.1 Å². The van der Waals surface area contributed by atoms with Crippen LogP contribution < -0.4 is 25.7 Å². The molecule has 4 heterocycles. The minimum Gasteiger partial charge on any atom is -0.506 e. The molecule has 0 atom stereocenters. The van der Waals surface area contributed by atoms with Gasteiger partial charge in [0, 0.05) is 76.7 Å². The van der Waals surface area contributed by atoms with Gasteiger partial charge in [0.15, 0.2) is 11.3 Å². The first kappa shape index (κ1) is 49.3. The van der Waals surface area contributed by atoms with Crippen molar-refractivity contribution in [1.82, 2.24) is 18.7 Å². The minimum atomic E-state index is -0.646. The van der Waals surface area contributed by atoms with Gasteiger partial charge >= 0.3 is 11.4 Å². The van der Waals surface area contributed by atoms with Crippen LogP contribution in [0.1, 0.15) is 37.5 Å². The number of nitrogen functional groups attached to an aromatic ring is 1. The molecule has 0 fully saturated rings. The molecule has 366 valence electrons. The Hall–Kier alpha value is -10.1. The van der Waals surface area contributed by atoms with E-state index in [0.29, 0.717) is 64.4 Å². The summed E-state index contributed by atoms with van der Waals surface area (Å²) in [6.45, 7) is 7.94. The van der Waals surface area contributed by atoms with Crippen molar-refractivity contribution in [2.75, 3.05) is 27.1 Å². The third kappa shape index (κ3) is 8.90. The maximum Gasteiger partial charge on any atom is 0.417 e. The number of hydrogen-bond donors (Lipinski definition) is 4. The number of hydrogen-bond acceptors (Lipinski definition) is 13. The summed E-state index contributed by atoms with van der Waals surface area (Å²) < 4.78 is 27.0. The fourth-order valence-corrected chi connectivity index (χ4v) is 9.21. The van der Waals surface area contributed by atoms with E-state index in [-0.39, 0.29) is 11.4 Å². The standard InChI is InChI=1S/C19H15N3O3.C18H15N3O4.C18H17N3O2/c1-3-22-16-9-12(24-2)5-6-13(16)14(10-20)18(22)11-4-7-17-15(8-11)21-19(23)25-17;1-3-20-15-9-12(25-2)5-6-13(15)14(10-19)18(20)11-4-7-17(22)16(8-11)21(23)24;1-3-21-16-9-12(23-2)5-6-13(16)14(10-19)18(21)11-4-7-17(22)15(20)8-11/h4-9H,3H2,1-2H3,(H,21,23);4-9,22H,3H2,1-2H3;4-9,22H,3,20H2,1-2H3. The molecule has 10 aromatic rings. The average Bonchev–Trinajstić information content (AvgIpc) is 4.14. The number of anilines is 1. The highest BCUT2D eigenvalue weighted by Gasteiger charge is 2.24. The topological polar surface area (TPSA) is 269 Å². The van der Waals surface area contributed by atoms with Gasteiger partial charge in [0.1, 0.15) is 41.2 Å². The van der Waals surface area contributed by atoms with Crippen molar-refractivity contribution in [2.45, 2.75) is 40.4 Å². The Morgan fingerprint density at radius 2 is 1.00 bits per heavy atom. The number of nitro groups is 1. The van der Waals surface area contributed by atoms with E-state index < -0.39 is 22.1 Å². The Morgan fingerprint density at radius 3 is 1.38 bits per heavy atom. The van der Waals surface area contributed by atoms with E-state index in [1.54, 1.807) is 63.8 Å². The highest BCUT2D eigenvalue weighted by molar-refractivity contribution is 5.98. The van der Waals surface area contributed by atoms with Gasteiger partial charge in [-0.1, -0.05) is 0 Å². The number of aromatic hydroxyl groups is 2. The zero-order valence-corrected chi connectivity index (χ0v) is 40.5. The van der Waals surface area contributed by atoms with Crippen LogP contribution in [-0.2, 0) is 19.6 Å². The lowest BCUT2D eigenvalue weighted by molar-refractivity contribution is -0.385. The van der Waals surface area contributed by atoms with Crippen molar-refractivity contribution in [3.05, 3.63) is 147 Å². The molecule has 73 heavy (non-hydrogen) atoms. The van der Waals surface area contributed by atoms with Crippen molar-refractivity contribution in [1.29, 1.82) is 15.8 Å². The van der Waals surface area contributed by atoms with Crippen LogP contribution in [-0.4, -0.2) is 55.2 Å². The van der Waals surface area contributed by atoms with Crippen molar-refractivity contribution in [3.63, 3.8) is 0 Å². The number of H-pyrrole nitrogens is 1. The number of oxazole rings is 1. The van der Waals surface area contributed by atoms with Crippen LogP contribution in [0.5, 0.6) is 28.7 Å². The molecule has 18 heteroatoms. The number of aromatic amines is 1. The first-order valence-corrected chi connectivity index (χ1v) is 22.8. The number of nitriles is 3. The van der Waals surface area contributed by atoms with Gasteiger partial charge in [-0.05, 0) is 106 Å². The second kappa shape index (κ2) is 20.5. The number of aromatic nitrogens is 4. The number of phenols is 2. The van der Waals surface area contributed by atoms with Gasteiger partial charge in [-0.3, -0.25) is 15.1 Å². The Balaban J connectivity index is 0.000000146. The lowest BCUT2D eigenvalue weighted by Gasteiger charge is -2.10. The molecular weight excluding hydrogens is 931 g/mol. The molecule has 0 aliphatic carbocycles. The van der Waals surface area contributed by atoms with Gasteiger partial charge in [-0.25, -0.2) is 4.79 Å². The van der Waals surface area contributed by atoms with E-state index in [1.807, 2.05) is 79.9 Å². The number of nitrogens with one attached hydrogen (secondary N) is 1. The van der Waals surface area contributed by atoms with Gasteiger partial charge < -0.3 is 48.3 Å². The fraction of sp³-hybridized carbons (Fsp3) is 0.164. The smallest absolute Gasteiger partial charge is 0.417 e. The third-order valence-electron chi connectivity index (χ3n) is 12.5. The maximum absolute atomic E-state index is 11.4. The zero-order valence-electron chi connectivity index (χ0n) is 40.5. The van der Waals surface area contributed by atoms with E-state index in [2.05, 4.69) is 32.3 Å². The molecule has 0 saturated carbocycles. The largest absolute Gasteiger partial charge is 0.506 e. The Morgan fingerprint density at radius 1 is 0.603 bits per heavy atom. The number of nitrogens with two attached hydrogens (primary N) is 1. The minimum absolute atomic E-state index is 0.0353. The Labute approximate surface area is 416 Å². The van der Waals surface area contributed by atoms with Crippen LogP contribution >= 0.6 is 0 Å². The summed E-state index contributed by atoms with van der Waals surface area (Å²) in [6.07, 6.45) is 0. The lowest BCUT2D eigenvalue weighted by Crippen LogP contribution is -1.98. The lowest BCUT2D eigenvalue weighted by atomic mass is 10.0. The third-order valence-corrected chi connectivity index (χ3v) is 12.5. The van der Waals surface area contributed by atoms with Crippen LogP contribution in [0.3, 0.4) is 0 Å². The maximum atomic E-state index is 11.4. The van der Waals surface area contributed by atoms with Crippen LogP contribution in [0.2, 0.25) is 0 Å². The first-order chi connectivity index (χ1) is 35.3. The van der Waals surface area contributed by atoms with Gasteiger partial charge in [0.05, 0.1) is 87.8 Å². The zero-order chi connectivity index (χ0) is 52.2. The number of phenolic OH excluding ortho intramolecular Hbond substituents is 2. The number of ether oxygens (including phenoxy) is 3. The number of methoxy groups -OCH3 is 3. The molecule has 0 aliphatic heterocycles. The highest BCUT2D eigenvalue weighted by Crippen LogP contribution is 2.40. The molecule has 4 aromatic heterocycles. The molecule has 10 rings (SSSR count). The summed E-state index contributed by atoms with van der Waals surface area (Å²) in [6, 6.07) is 38.1. The average molecular weight is 978 g/mol. The van der Waals surface area contributed by atoms with E-state index in [0.717, 1.165) is 66.7 Å². The summed E-state index contributed by atoms with van der Waals surface area (Å²) in [5.41, 5.74) is 15.5. The molecule has 0 spiro atoms. The molecule has 6 aromatic carbocycles. The Bertz CT molecular complexity index is 3980. The van der Waals surface area contributed by atoms with Crippen molar-refractivity contribution >= 4 is 55.2 Å². The molecule has 0 saturated heterocycles. The molecule has 0 aliphatic rings. The SMILES string of the molecule is CCn1c(-c2ccc(O)c(N)c2)c(C#N)c2ccc(OC)cc21.CCn1c(-c2ccc(O)c([N+](=O)[O-])c2)c(C#N)c2ccc(OC)cc21.CCn1c(-c2ccc3oc(=O)[nH]c3c2)c(C#N)c2ccc(OC)cc21. The normalized spacial score (nSPS) is 10.8. The molecular formula is C55H47N9O9. The van der Waals surface area contributed by atoms with Crippen LogP contribution in [0.15, 0.2) is 118 Å². The van der Waals surface area contributed by atoms with Gasteiger partial charge in [0.2, 0.25) is 0 Å². The van der Waals surface area contributed by atoms with Crippen molar-refractivity contribution < 1.29 is 33.8 Å². The molecule has 18 nitrogen and oxygen atoms in total. The second-order valence-electron chi connectivity index (χ2n) is 16.3. The molecule has 0 bridgehead atoms. The first-order valence-electron chi connectivity index (χ1n) is 22.8. The molecule has 0 unspecified atom stereocenters. The number of rotatable bonds is 10. The summed E-state index contributed by atoms with van der Waals surface area (Å²) in [7, 11) is 4.80. The Kier molecular flexibility index (Phi) is 13.8. The van der Waals surface area contributed by atoms with E-state index in [9.17, 15) is 40.9 Å². The highest BCUT2D eigenvalue weighted by atomic mass is 16.6. The van der Waals surface area contributed by atoms with Gasteiger partial charge in [-0.15, -0.1) is 0 Å². The predicted molar refractivity (Wildman–Crippen MR) is 278 cm³/mol. The van der Waals surface area contributed by atoms with E-state index >= 15 is 0 Å². The number of fused-ring (bicyclic) bond motifs is 4. The summed E-state index contributed by atoms with van der Waals surface area (Å²) >= 11 is 0. The predicted octanol–water partition coefficient (Wildman–Crippen LogP) is 11.0. The fourth-order valence-electron chi connectivity index (χ4n) is 9.21. The van der Waals surface area contributed by atoms with E-state index in [4.69, 9.17) is 24.4 Å². The van der Waals surface area contributed by atoms with E-state index in [1.165, 1.54) is 12.1 Å². The number of benzene rings is 6. The second-order valence-corrected chi connectivity index (χ2v) is 16.3. The van der Waals surface area contributed by atoms with Crippen LogP contribution in [0.4, 0.5) is 11.4 Å². The number of aryl methyl sites for hydroxylation is 3. The van der Waals surface area contributed by atoms with Gasteiger partial charge in [0.25, 0.3) is 0 Å². The molecule has 5 N–H and O–H groups in total. The van der Waals surface area contributed by atoms with Crippen molar-refractivity contribution in [3.8, 4) is 80.7 Å². The summed E-state index contributed by atoms with van der Waals surface area (Å²) in [5, 5.41) is 62.0. The molecule has 0 radical (unpaired) electrons. The number of nitrogens with zero attached hydrogens (tertiary/aromatic N) is 7. The molecule has 0 amide bonds. The summed E-state index contributed by atoms with van der Waals surface area (Å²) in [4.78, 5) is 24.5. The monoisotopic (exact) mass is 977 g/mol.